The number of hydrogen-bond donors (Lipinski definition) is 2. The van der Waals surface area contributed by atoms with Crippen LogP contribution in [-0.2, 0) is 12.7 Å². The van der Waals surface area contributed by atoms with Crippen molar-refractivity contribution in [2.75, 3.05) is 5.43 Å². The number of halogens is 3. The van der Waals surface area contributed by atoms with E-state index in [1.807, 2.05) is 42.5 Å². The van der Waals surface area contributed by atoms with E-state index in [2.05, 4.69) is 10.9 Å². The number of benzene rings is 3. The normalized spacial score (nSPS) is 11.3. The number of hydrogen-bond acceptors (Lipinski definition) is 2. The molecule has 0 unspecified atom stereocenters. The minimum absolute atomic E-state index is 0.187. The molecule has 2 N–H and O–H groups in total. The van der Waals surface area contributed by atoms with Gasteiger partial charge in [0, 0.05) is 12.2 Å². The Labute approximate surface area is 144 Å². The monoisotopic (exact) mass is 342 g/mol. The van der Waals surface area contributed by atoms with Gasteiger partial charge in [0.05, 0.1) is 5.56 Å². The molecule has 25 heavy (non-hydrogen) atoms. The van der Waals surface area contributed by atoms with Crippen molar-refractivity contribution in [3.63, 3.8) is 0 Å². The van der Waals surface area contributed by atoms with Crippen molar-refractivity contribution in [1.82, 2.24) is 5.43 Å². The zero-order chi connectivity index (χ0) is 17.7. The molecular weight excluding hydrogens is 325 g/mol. The van der Waals surface area contributed by atoms with E-state index in [1.54, 1.807) is 18.2 Å². The van der Waals surface area contributed by atoms with Crippen molar-refractivity contribution < 1.29 is 13.2 Å². The Morgan fingerprint density at radius 3 is 2.00 bits per heavy atom. The van der Waals surface area contributed by atoms with Crippen LogP contribution in [0.15, 0.2) is 78.9 Å². The van der Waals surface area contributed by atoms with Gasteiger partial charge in [0.25, 0.3) is 0 Å². The second-order valence-electron chi connectivity index (χ2n) is 5.55. The van der Waals surface area contributed by atoms with Crippen LogP contribution < -0.4 is 10.9 Å². The van der Waals surface area contributed by atoms with Crippen LogP contribution in [0.25, 0.3) is 11.1 Å². The van der Waals surface area contributed by atoms with Crippen LogP contribution in [-0.4, -0.2) is 0 Å². The standard InChI is InChI=1S/C20H17F3N2/c21-20(22,23)19-13-7-6-12-18(19)17-11-5-4-8-15(17)14-24-25-16-9-2-1-3-10-16/h1-13,24-25H,14H2. The SMILES string of the molecule is FC(F)(F)c1ccccc1-c1ccccc1CNNc1ccccc1. The molecule has 0 bridgehead atoms. The van der Waals surface area contributed by atoms with E-state index in [-0.39, 0.29) is 5.56 Å². The Kier molecular flexibility index (Phi) is 5.05. The third-order valence-corrected chi connectivity index (χ3v) is 3.83. The summed E-state index contributed by atoms with van der Waals surface area (Å²) >= 11 is 0. The fraction of sp³-hybridized carbons (Fsp3) is 0.100. The number of anilines is 1. The second kappa shape index (κ2) is 7.40. The number of hydrazine groups is 1. The molecule has 0 saturated heterocycles. The first-order chi connectivity index (χ1) is 12.1. The summed E-state index contributed by atoms with van der Waals surface area (Å²) in [5, 5.41) is 0. The zero-order valence-electron chi connectivity index (χ0n) is 13.3. The smallest absolute Gasteiger partial charge is 0.321 e. The molecular formula is C20H17F3N2. The number of alkyl halides is 3. The van der Waals surface area contributed by atoms with Crippen LogP contribution in [0.5, 0.6) is 0 Å². The fourth-order valence-electron chi connectivity index (χ4n) is 2.67. The fourth-order valence-corrected chi connectivity index (χ4v) is 2.67. The largest absolute Gasteiger partial charge is 0.417 e. The van der Waals surface area contributed by atoms with Gasteiger partial charge in [-0.1, -0.05) is 60.7 Å². The molecule has 0 atom stereocenters. The summed E-state index contributed by atoms with van der Waals surface area (Å²) in [6, 6.07) is 22.3. The van der Waals surface area contributed by atoms with E-state index < -0.39 is 11.7 Å². The van der Waals surface area contributed by atoms with E-state index in [4.69, 9.17) is 0 Å². The van der Waals surface area contributed by atoms with Crippen molar-refractivity contribution in [3.8, 4) is 11.1 Å². The van der Waals surface area contributed by atoms with Gasteiger partial charge in [-0.05, 0) is 34.9 Å². The maximum absolute atomic E-state index is 13.3. The highest BCUT2D eigenvalue weighted by atomic mass is 19.4. The highest BCUT2D eigenvalue weighted by Crippen LogP contribution is 2.37. The first kappa shape index (κ1) is 17.0. The highest BCUT2D eigenvalue weighted by molar-refractivity contribution is 5.71. The van der Waals surface area contributed by atoms with E-state index in [1.165, 1.54) is 12.1 Å². The molecule has 0 aliphatic rings. The van der Waals surface area contributed by atoms with Gasteiger partial charge in [-0.2, -0.15) is 13.2 Å². The second-order valence-corrected chi connectivity index (χ2v) is 5.55. The van der Waals surface area contributed by atoms with Crippen molar-refractivity contribution in [3.05, 3.63) is 90.0 Å². The van der Waals surface area contributed by atoms with Gasteiger partial charge in [-0.25, -0.2) is 5.43 Å². The Hall–Kier alpha value is -2.79. The minimum Gasteiger partial charge on any atom is -0.321 e. The van der Waals surface area contributed by atoms with Gasteiger partial charge >= 0.3 is 6.18 Å². The summed E-state index contributed by atoms with van der Waals surface area (Å²) in [6.07, 6.45) is -4.39. The van der Waals surface area contributed by atoms with Crippen LogP contribution in [0.4, 0.5) is 18.9 Å². The summed E-state index contributed by atoms with van der Waals surface area (Å²) in [5.74, 6) is 0. The molecule has 0 aromatic heterocycles. The van der Waals surface area contributed by atoms with E-state index >= 15 is 0 Å². The molecule has 0 aliphatic carbocycles. The maximum atomic E-state index is 13.3. The molecule has 0 saturated carbocycles. The minimum atomic E-state index is -4.39. The lowest BCUT2D eigenvalue weighted by Gasteiger charge is -2.16. The summed E-state index contributed by atoms with van der Waals surface area (Å²) in [5.41, 5.74) is 7.89. The molecule has 2 nitrogen and oxygen atoms in total. The van der Waals surface area contributed by atoms with E-state index in [0.29, 0.717) is 12.1 Å². The first-order valence-electron chi connectivity index (χ1n) is 7.84. The molecule has 5 heteroatoms. The van der Waals surface area contributed by atoms with Gasteiger partial charge < -0.3 is 5.43 Å². The predicted octanol–water partition coefficient (Wildman–Crippen LogP) is 5.49. The van der Waals surface area contributed by atoms with Crippen molar-refractivity contribution in [2.24, 2.45) is 0 Å². The third kappa shape index (κ3) is 4.19. The third-order valence-electron chi connectivity index (χ3n) is 3.83. The van der Waals surface area contributed by atoms with Crippen LogP contribution in [0.2, 0.25) is 0 Å². The van der Waals surface area contributed by atoms with Crippen molar-refractivity contribution in [1.29, 1.82) is 0 Å². The lowest BCUT2D eigenvalue weighted by atomic mass is 9.95. The van der Waals surface area contributed by atoms with Crippen molar-refractivity contribution in [2.45, 2.75) is 12.7 Å². The molecule has 128 valence electrons. The average Bonchev–Trinajstić information content (AvgIpc) is 2.62. The molecule has 0 amide bonds. The molecule has 3 rings (SSSR count). The quantitative estimate of drug-likeness (QED) is 0.599. The highest BCUT2D eigenvalue weighted by Gasteiger charge is 2.33. The van der Waals surface area contributed by atoms with Crippen LogP contribution in [0.1, 0.15) is 11.1 Å². The summed E-state index contributed by atoms with van der Waals surface area (Å²) in [6.45, 7) is 0.386. The zero-order valence-corrected chi connectivity index (χ0v) is 13.3. The summed E-state index contributed by atoms with van der Waals surface area (Å²) < 4.78 is 39.9. The Morgan fingerprint density at radius 1 is 0.680 bits per heavy atom. The molecule has 0 spiro atoms. The van der Waals surface area contributed by atoms with Gasteiger partial charge in [0.2, 0.25) is 0 Å². The number of para-hydroxylation sites is 1. The average molecular weight is 342 g/mol. The number of rotatable bonds is 5. The topological polar surface area (TPSA) is 24.1 Å². The Morgan fingerprint density at radius 2 is 1.28 bits per heavy atom. The number of nitrogens with one attached hydrogen (secondary N) is 2. The van der Waals surface area contributed by atoms with E-state index in [9.17, 15) is 13.2 Å². The van der Waals surface area contributed by atoms with Gasteiger partial charge in [0.1, 0.15) is 0 Å². The molecule has 0 radical (unpaired) electrons. The van der Waals surface area contributed by atoms with Gasteiger partial charge in [-0.15, -0.1) is 0 Å². The Balaban J connectivity index is 1.85. The molecule has 0 aliphatic heterocycles. The summed E-state index contributed by atoms with van der Waals surface area (Å²) in [7, 11) is 0. The lowest BCUT2D eigenvalue weighted by molar-refractivity contribution is -0.137. The first-order valence-corrected chi connectivity index (χ1v) is 7.84. The molecule has 3 aromatic carbocycles. The maximum Gasteiger partial charge on any atom is 0.417 e. The van der Waals surface area contributed by atoms with E-state index in [0.717, 1.165) is 17.3 Å². The Bertz CT molecular complexity index is 830. The molecule has 0 fully saturated rings. The predicted molar refractivity (Wildman–Crippen MR) is 93.8 cm³/mol. The van der Waals surface area contributed by atoms with Crippen LogP contribution in [0, 0.1) is 0 Å². The van der Waals surface area contributed by atoms with Crippen LogP contribution >= 0.6 is 0 Å². The van der Waals surface area contributed by atoms with Gasteiger partial charge in [-0.3, -0.25) is 0 Å². The van der Waals surface area contributed by atoms with Crippen molar-refractivity contribution >= 4 is 5.69 Å². The van der Waals surface area contributed by atoms with Gasteiger partial charge in [0.15, 0.2) is 0 Å². The molecule has 0 heterocycles. The van der Waals surface area contributed by atoms with Crippen LogP contribution in [0.3, 0.4) is 0 Å². The molecule has 3 aromatic rings. The lowest BCUT2D eigenvalue weighted by Crippen LogP contribution is -2.21. The summed E-state index contributed by atoms with van der Waals surface area (Å²) in [4.78, 5) is 0.